The van der Waals surface area contributed by atoms with E-state index in [1.807, 2.05) is 0 Å². The van der Waals surface area contributed by atoms with E-state index in [1.54, 1.807) is 12.2 Å². The predicted molar refractivity (Wildman–Crippen MR) is 47.6 cm³/mol. The molecule has 0 aliphatic carbocycles. The van der Waals surface area contributed by atoms with Gasteiger partial charge in [-0.05, 0) is 12.2 Å². The van der Waals surface area contributed by atoms with Crippen LogP contribution in [-0.4, -0.2) is 19.4 Å². The molecule has 0 aliphatic rings. The first-order chi connectivity index (χ1) is 5.41. The number of hydrogen-bond acceptors (Lipinski definition) is 2. The van der Waals surface area contributed by atoms with Gasteiger partial charge in [0.2, 0.25) is 0 Å². The molecule has 2 nitrogen and oxygen atoms in total. The smallest absolute Gasteiger partial charge is 0.533 e. The van der Waals surface area contributed by atoms with Gasteiger partial charge in [-0.2, -0.15) is 0 Å². The van der Waals surface area contributed by atoms with Gasteiger partial charge in [0.15, 0.2) is 0 Å². The fourth-order valence-corrected chi connectivity index (χ4v) is 0.426. The maximum absolute atomic E-state index is 5.31. The Kier molecular flexibility index (Phi) is 9.48. The summed E-state index contributed by atoms with van der Waals surface area (Å²) in [6.45, 7) is 0. The van der Waals surface area contributed by atoms with Crippen LogP contribution in [0.4, 0.5) is 0 Å². The Morgan fingerprint density at radius 1 is 1.00 bits per heavy atom. The first kappa shape index (κ1) is 10.7. The van der Waals surface area contributed by atoms with E-state index >= 15 is 0 Å². The van der Waals surface area contributed by atoms with Crippen LogP contribution in [0.5, 0.6) is 0 Å². The van der Waals surface area contributed by atoms with Gasteiger partial charge >= 0.3 is 7.69 Å². The highest BCUT2D eigenvalue weighted by molar-refractivity contribution is 6.20. The van der Waals surface area contributed by atoms with Gasteiger partial charge in [0.25, 0.3) is 0 Å². The lowest BCUT2D eigenvalue weighted by molar-refractivity contribution is 0.375. The van der Waals surface area contributed by atoms with E-state index in [4.69, 9.17) is 32.5 Å². The van der Waals surface area contributed by atoms with Gasteiger partial charge in [-0.15, -0.1) is 23.2 Å². The van der Waals surface area contributed by atoms with Crippen LogP contribution in [0, 0.1) is 0 Å². The number of allylic oxidation sites excluding steroid dienone is 2. The maximum atomic E-state index is 5.31. The van der Waals surface area contributed by atoms with Crippen molar-refractivity contribution in [1.29, 1.82) is 0 Å². The Balaban J connectivity index is 3.02. The fourth-order valence-electron chi connectivity index (χ4n) is 0.280. The first-order valence-electron chi connectivity index (χ1n) is 2.96. The number of halogens is 2. The van der Waals surface area contributed by atoms with Crippen molar-refractivity contribution in [3.8, 4) is 0 Å². The molecule has 0 spiro atoms. The van der Waals surface area contributed by atoms with Crippen LogP contribution in [0.1, 0.15) is 0 Å². The molecule has 61 valence electrons. The molecule has 5 heteroatoms. The van der Waals surface area contributed by atoms with Crippen molar-refractivity contribution >= 4 is 30.9 Å². The molecule has 0 aromatic rings. The quantitative estimate of drug-likeness (QED) is 0.278. The van der Waals surface area contributed by atoms with Crippen molar-refractivity contribution in [2.24, 2.45) is 0 Å². The highest BCUT2D eigenvalue weighted by Crippen LogP contribution is 1.83. The highest BCUT2D eigenvalue weighted by Gasteiger charge is 1.87. The van der Waals surface area contributed by atoms with Crippen LogP contribution < -0.4 is 0 Å². The first-order valence-corrected chi connectivity index (χ1v) is 4.03. The van der Waals surface area contributed by atoms with Gasteiger partial charge in [-0.25, -0.2) is 0 Å². The molecule has 0 saturated carbocycles. The molecule has 0 fully saturated rings. The summed E-state index contributed by atoms with van der Waals surface area (Å²) < 4.78 is 9.43. The van der Waals surface area contributed by atoms with E-state index < -0.39 is 0 Å². The molecule has 0 aliphatic heterocycles. The third kappa shape index (κ3) is 9.72. The molecular formula is C6H8BCl2O2. The molecule has 0 unspecified atom stereocenters. The molecular weight excluding hydrogens is 186 g/mol. The van der Waals surface area contributed by atoms with E-state index in [2.05, 4.69) is 0 Å². The normalized spacial score (nSPS) is 10.7. The standard InChI is InChI=1S/C6H8BCl2O2/c8-3-1-5-10-7-11-6-2-4-9/h1-2,5-6H,3-4H2. The molecule has 0 saturated heterocycles. The van der Waals surface area contributed by atoms with E-state index in [0.29, 0.717) is 11.8 Å². The van der Waals surface area contributed by atoms with Crippen LogP contribution in [0.25, 0.3) is 0 Å². The third-order valence-electron chi connectivity index (χ3n) is 0.639. The number of hydrogen-bond donors (Lipinski definition) is 0. The van der Waals surface area contributed by atoms with Gasteiger partial charge in [0.05, 0.1) is 12.5 Å². The van der Waals surface area contributed by atoms with Gasteiger partial charge in [-0.3, -0.25) is 0 Å². The predicted octanol–water partition coefficient (Wildman–Crippen LogP) is 2.06. The summed E-state index contributed by atoms with van der Waals surface area (Å²) in [5.74, 6) is 0.844. The molecule has 0 N–H and O–H groups in total. The van der Waals surface area contributed by atoms with Crippen LogP contribution in [-0.2, 0) is 9.31 Å². The summed E-state index contributed by atoms with van der Waals surface area (Å²) in [7, 11) is 1.17. The summed E-state index contributed by atoms with van der Waals surface area (Å²) in [6, 6.07) is 0. The maximum Gasteiger partial charge on any atom is 0.657 e. The number of alkyl halides is 2. The Bertz CT molecular complexity index is 114. The van der Waals surface area contributed by atoms with Crippen molar-refractivity contribution in [2.45, 2.75) is 0 Å². The zero-order valence-corrected chi connectivity index (χ0v) is 7.39. The monoisotopic (exact) mass is 193 g/mol. The van der Waals surface area contributed by atoms with Crippen molar-refractivity contribution in [3.05, 3.63) is 24.7 Å². The third-order valence-corrected chi connectivity index (χ3v) is 0.995. The zero-order chi connectivity index (χ0) is 8.36. The lowest BCUT2D eigenvalue weighted by Crippen LogP contribution is -1.93. The largest absolute Gasteiger partial charge is 0.657 e. The summed E-state index contributed by atoms with van der Waals surface area (Å²) in [5, 5.41) is 0. The molecule has 0 amide bonds. The minimum Gasteiger partial charge on any atom is -0.533 e. The zero-order valence-electron chi connectivity index (χ0n) is 5.87. The van der Waals surface area contributed by atoms with Crippen LogP contribution in [0.2, 0.25) is 0 Å². The minimum atomic E-state index is 0.422. The molecule has 0 rings (SSSR count). The SMILES string of the molecule is ClCC=CO[B]OC=CCCl. The van der Waals surface area contributed by atoms with Gasteiger partial charge in [-0.1, -0.05) is 0 Å². The average Bonchev–Trinajstić information content (AvgIpc) is 2.03. The van der Waals surface area contributed by atoms with E-state index in [0.717, 1.165) is 0 Å². The Labute approximate surface area is 77.1 Å². The molecule has 0 heterocycles. The summed E-state index contributed by atoms with van der Waals surface area (Å²) in [5.41, 5.74) is 0. The number of rotatable bonds is 6. The fraction of sp³-hybridized carbons (Fsp3) is 0.333. The van der Waals surface area contributed by atoms with Crippen LogP contribution in [0.3, 0.4) is 0 Å². The second-order valence-corrected chi connectivity index (χ2v) is 2.04. The van der Waals surface area contributed by atoms with Crippen LogP contribution >= 0.6 is 23.2 Å². The molecule has 0 aromatic carbocycles. The summed E-state index contributed by atoms with van der Waals surface area (Å²) in [4.78, 5) is 0. The Morgan fingerprint density at radius 3 is 1.82 bits per heavy atom. The molecule has 0 aromatic heterocycles. The van der Waals surface area contributed by atoms with Gasteiger partial charge in [0, 0.05) is 11.8 Å². The highest BCUT2D eigenvalue weighted by atomic mass is 35.5. The second kappa shape index (κ2) is 9.72. The molecule has 0 atom stereocenters. The average molecular weight is 194 g/mol. The van der Waals surface area contributed by atoms with Crippen molar-refractivity contribution < 1.29 is 9.31 Å². The Hall–Kier alpha value is -0.275. The lowest BCUT2D eigenvalue weighted by atomic mass is 10.4. The topological polar surface area (TPSA) is 18.5 Å². The van der Waals surface area contributed by atoms with E-state index in [9.17, 15) is 0 Å². The van der Waals surface area contributed by atoms with Gasteiger partial charge in [0.1, 0.15) is 0 Å². The van der Waals surface area contributed by atoms with E-state index in [1.165, 1.54) is 20.2 Å². The lowest BCUT2D eigenvalue weighted by Gasteiger charge is -1.94. The van der Waals surface area contributed by atoms with Crippen molar-refractivity contribution in [2.75, 3.05) is 11.8 Å². The van der Waals surface area contributed by atoms with Gasteiger partial charge < -0.3 is 9.31 Å². The minimum absolute atomic E-state index is 0.422. The molecule has 11 heavy (non-hydrogen) atoms. The van der Waals surface area contributed by atoms with Crippen LogP contribution in [0.15, 0.2) is 24.7 Å². The van der Waals surface area contributed by atoms with Crippen molar-refractivity contribution in [1.82, 2.24) is 0 Å². The van der Waals surface area contributed by atoms with E-state index in [-0.39, 0.29) is 0 Å². The summed E-state index contributed by atoms with van der Waals surface area (Å²) >= 11 is 10.6. The summed E-state index contributed by atoms with van der Waals surface area (Å²) in [6.07, 6.45) is 6.16. The molecule has 0 bridgehead atoms. The Morgan fingerprint density at radius 2 is 1.45 bits per heavy atom. The second-order valence-electron chi connectivity index (χ2n) is 1.42. The molecule has 1 radical (unpaired) electrons. The van der Waals surface area contributed by atoms with Crippen molar-refractivity contribution in [3.63, 3.8) is 0 Å².